The second-order valence-electron chi connectivity index (χ2n) is 11.0. The van der Waals surface area contributed by atoms with Gasteiger partial charge >= 0.3 is 11.9 Å². The highest BCUT2D eigenvalue weighted by atomic mass is 16.5. The van der Waals surface area contributed by atoms with Gasteiger partial charge in [0.2, 0.25) is 0 Å². The van der Waals surface area contributed by atoms with E-state index in [2.05, 4.69) is 19.1 Å². The summed E-state index contributed by atoms with van der Waals surface area (Å²) in [6.07, 6.45) is 35.1. The number of carboxylic acids is 1. The number of carboxylic acid groups (broad SMARTS) is 1. The number of aliphatic carboxylic acids is 1. The molecular weight excluding hydrogens is 460 g/mol. The van der Waals surface area contributed by atoms with E-state index in [1.807, 2.05) is 6.92 Å². The second-order valence-corrected chi connectivity index (χ2v) is 11.0. The number of carbonyl (C=O) groups excluding carboxylic acids is 1. The molecule has 0 amide bonds. The first-order chi connectivity index (χ1) is 18.1. The van der Waals surface area contributed by atoms with Crippen molar-refractivity contribution < 1.29 is 19.4 Å². The molecular formula is C33H62O4. The van der Waals surface area contributed by atoms with E-state index in [-0.39, 0.29) is 12.4 Å². The Hall–Kier alpha value is -1.32. The molecule has 218 valence electrons. The number of hydrogen-bond acceptors (Lipinski definition) is 3. The Balaban J connectivity index is 3.36. The van der Waals surface area contributed by atoms with Gasteiger partial charge in [-0.1, -0.05) is 142 Å². The lowest BCUT2D eigenvalue weighted by Crippen LogP contribution is -2.19. The van der Waals surface area contributed by atoms with Crippen molar-refractivity contribution in [2.45, 2.75) is 174 Å². The van der Waals surface area contributed by atoms with Crippen molar-refractivity contribution in [2.24, 2.45) is 5.92 Å². The van der Waals surface area contributed by atoms with Crippen LogP contribution in [0.2, 0.25) is 0 Å². The average Bonchev–Trinajstić information content (AvgIpc) is 2.89. The van der Waals surface area contributed by atoms with Gasteiger partial charge in [0.1, 0.15) is 0 Å². The van der Waals surface area contributed by atoms with Crippen LogP contribution in [-0.4, -0.2) is 23.7 Å². The number of unbranched alkanes of at least 4 members (excludes halogenated alkanes) is 20. The molecule has 0 aliphatic rings. The lowest BCUT2D eigenvalue weighted by molar-refractivity contribution is -0.151. The first-order valence-corrected chi connectivity index (χ1v) is 16.1. The van der Waals surface area contributed by atoms with Crippen molar-refractivity contribution in [3.63, 3.8) is 0 Å². The molecule has 0 spiro atoms. The minimum atomic E-state index is -0.879. The van der Waals surface area contributed by atoms with Crippen molar-refractivity contribution in [3.8, 4) is 0 Å². The Bertz CT molecular complexity index is 528. The van der Waals surface area contributed by atoms with E-state index in [1.165, 1.54) is 122 Å². The van der Waals surface area contributed by atoms with Gasteiger partial charge in [-0.2, -0.15) is 0 Å². The summed E-state index contributed by atoms with van der Waals surface area (Å²) in [5.74, 6) is -1.86. The Labute approximate surface area is 230 Å². The van der Waals surface area contributed by atoms with Crippen LogP contribution in [0.5, 0.6) is 0 Å². The van der Waals surface area contributed by atoms with Crippen LogP contribution < -0.4 is 0 Å². The zero-order valence-corrected chi connectivity index (χ0v) is 24.8. The van der Waals surface area contributed by atoms with E-state index in [1.54, 1.807) is 0 Å². The molecule has 0 aliphatic carbocycles. The van der Waals surface area contributed by atoms with E-state index >= 15 is 0 Å². The van der Waals surface area contributed by atoms with E-state index in [9.17, 15) is 14.7 Å². The fraction of sp³-hybridized carbons (Fsp3) is 0.879. The summed E-state index contributed by atoms with van der Waals surface area (Å²) in [5, 5.41) is 9.32. The molecule has 0 bridgehead atoms. The van der Waals surface area contributed by atoms with Crippen molar-refractivity contribution in [1.82, 2.24) is 0 Å². The Morgan fingerprint density at radius 2 is 1.00 bits per heavy atom. The van der Waals surface area contributed by atoms with Gasteiger partial charge in [0.25, 0.3) is 0 Å². The van der Waals surface area contributed by atoms with Gasteiger partial charge in [-0.15, -0.1) is 0 Å². The molecule has 4 heteroatoms. The maximum atomic E-state index is 11.7. The van der Waals surface area contributed by atoms with E-state index in [0.29, 0.717) is 13.0 Å². The number of allylic oxidation sites excluding steroid dienone is 2. The van der Waals surface area contributed by atoms with Crippen molar-refractivity contribution in [3.05, 3.63) is 12.2 Å². The van der Waals surface area contributed by atoms with Crippen LogP contribution in [0.1, 0.15) is 174 Å². The smallest absolute Gasteiger partial charge is 0.307 e. The molecule has 4 nitrogen and oxygen atoms in total. The van der Waals surface area contributed by atoms with E-state index < -0.39 is 11.9 Å². The molecule has 1 atom stereocenters. The number of rotatable bonds is 29. The zero-order valence-electron chi connectivity index (χ0n) is 24.8. The average molecular weight is 523 g/mol. The van der Waals surface area contributed by atoms with Gasteiger partial charge in [0.15, 0.2) is 0 Å². The summed E-state index contributed by atoms with van der Waals surface area (Å²) in [6, 6.07) is 0. The van der Waals surface area contributed by atoms with Gasteiger partial charge in [-0.05, 0) is 38.5 Å². The largest absolute Gasteiger partial charge is 0.481 e. The van der Waals surface area contributed by atoms with Gasteiger partial charge in [0.05, 0.1) is 18.9 Å². The minimum Gasteiger partial charge on any atom is -0.481 e. The zero-order chi connectivity index (χ0) is 27.2. The van der Waals surface area contributed by atoms with Crippen LogP contribution in [-0.2, 0) is 14.3 Å². The summed E-state index contributed by atoms with van der Waals surface area (Å²) in [7, 11) is 0. The van der Waals surface area contributed by atoms with Crippen LogP contribution in [0.3, 0.4) is 0 Å². The van der Waals surface area contributed by atoms with Crippen LogP contribution >= 0.6 is 0 Å². The maximum absolute atomic E-state index is 11.7. The molecule has 0 aromatic carbocycles. The van der Waals surface area contributed by atoms with Crippen LogP contribution in [0.4, 0.5) is 0 Å². The Kier molecular flexibility index (Phi) is 28.2. The molecule has 0 saturated heterocycles. The minimum absolute atomic E-state index is 0.00219. The topological polar surface area (TPSA) is 63.6 Å². The van der Waals surface area contributed by atoms with E-state index in [4.69, 9.17) is 4.74 Å². The lowest BCUT2D eigenvalue weighted by Gasteiger charge is -2.11. The van der Waals surface area contributed by atoms with Crippen LogP contribution in [0, 0.1) is 5.92 Å². The number of hydrogen-bond donors (Lipinski definition) is 1. The lowest BCUT2D eigenvalue weighted by atomic mass is 9.97. The van der Waals surface area contributed by atoms with E-state index in [0.717, 1.165) is 25.7 Å². The number of carbonyl (C=O) groups is 2. The predicted octanol–water partition coefficient (Wildman–Crippen LogP) is 10.6. The number of esters is 1. The highest BCUT2D eigenvalue weighted by Crippen LogP contribution is 2.17. The van der Waals surface area contributed by atoms with Gasteiger partial charge in [-0.3, -0.25) is 9.59 Å². The highest BCUT2D eigenvalue weighted by Gasteiger charge is 2.21. The SMILES string of the molecule is CCCCCCCCCCCCCCC/C=C/CCCCCCCCCC(CC(=O)OCCC)C(=O)O. The second kappa shape index (κ2) is 29.2. The first-order valence-electron chi connectivity index (χ1n) is 16.1. The van der Waals surface area contributed by atoms with Crippen molar-refractivity contribution >= 4 is 11.9 Å². The van der Waals surface area contributed by atoms with Gasteiger partial charge in [-0.25, -0.2) is 0 Å². The van der Waals surface area contributed by atoms with Crippen LogP contribution in [0.15, 0.2) is 12.2 Å². The van der Waals surface area contributed by atoms with Gasteiger partial charge in [0, 0.05) is 0 Å². The molecule has 0 heterocycles. The third-order valence-electron chi connectivity index (χ3n) is 7.29. The fourth-order valence-electron chi connectivity index (χ4n) is 4.84. The van der Waals surface area contributed by atoms with Crippen molar-refractivity contribution in [2.75, 3.05) is 6.61 Å². The summed E-state index contributed by atoms with van der Waals surface area (Å²) in [5.41, 5.74) is 0. The Morgan fingerprint density at radius 1 is 0.595 bits per heavy atom. The molecule has 0 aromatic rings. The van der Waals surface area contributed by atoms with Crippen molar-refractivity contribution in [1.29, 1.82) is 0 Å². The quantitative estimate of drug-likeness (QED) is 0.0602. The fourth-order valence-corrected chi connectivity index (χ4v) is 4.84. The summed E-state index contributed by atoms with van der Waals surface area (Å²) in [4.78, 5) is 23.0. The summed E-state index contributed by atoms with van der Waals surface area (Å²) < 4.78 is 5.02. The molecule has 0 aromatic heterocycles. The molecule has 37 heavy (non-hydrogen) atoms. The molecule has 1 N–H and O–H groups in total. The molecule has 0 rings (SSSR count). The molecule has 1 unspecified atom stereocenters. The predicted molar refractivity (Wildman–Crippen MR) is 158 cm³/mol. The van der Waals surface area contributed by atoms with Crippen LogP contribution in [0.25, 0.3) is 0 Å². The standard InChI is InChI=1S/C33H62O4/c1-3-5-6-7-8-9-10-11-12-13-14-15-16-17-18-19-20-21-22-23-24-25-26-27-28-31(33(35)36)30-32(34)37-29-4-2/h18-19,31H,3-17,20-30H2,1-2H3,(H,35,36)/b19-18+. The molecule has 0 saturated carbocycles. The first kappa shape index (κ1) is 35.7. The maximum Gasteiger partial charge on any atom is 0.307 e. The number of ether oxygens (including phenoxy) is 1. The highest BCUT2D eigenvalue weighted by molar-refractivity contribution is 5.78. The normalized spacial score (nSPS) is 12.3. The molecule has 0 aliphatic heterocycles. The summed E-state index contributed by atoms with van der Waals surface area (Å²) in [6.45, 7) is 4.59. The summed E-state index contributed by atoms with van der Waals surface area (Å²) >= 11 is 0. The van der Waals surface area contributed by atoms with Gasteiger partial charge < -0.3 is 9.84 Å². The third kappa shape index (κ3) is 27.5. The molecule has 0 radical (unpaired) electrons. The monoisotopic (exact) mass is 522 g/mol. The third-order valence-corrected chi connectivity index (χ3v) is 7.29. The molecule has 0 fully saturated rings. The Morgan fingerprint density at radius 3 is 1.41 bits per heavy atom.